The number of rotatable bonds is 3. The first-order valence-electron chi connectivity index (χ1n) is 5.63. The predicted octanol–water partition coefficient (Wildman–Crippen LogP) is 3.02. The molecule has 1 aromatic carbocycles. The highest BCUT2D eigenvalue weighted by Crippen LogP contribution is 2.22. The van der Waals surface area contributed by atoms with E-state index in [0.29, 0.717) is 0 Å². The molecular formula is C13H14N2S. The van der Waals surface area contributed by atoms with Gasteiger partial charge in [-0.05, 0) is 25.1 Å². The van der Waals surface area contributed by atoms with Crippen LogP contribution in [0.1, 0.15) is 12.0 Å². The Labute approximate surface area is 99.6 Å². The Morgan fingerprint density at radius 2 is 2.00 bits per heavy atom. The summed E-state index contributed by atoms with van der Waals surface area (Å²) in [5.41, 5.74) is 2.63. The van der Waals surface area contributed by atoms with E-state index >= 15 is 0 Å². The molecule has 2 aromatic rings. The van der Waals surface area contributed by atoms with Crippen LogP contribution < -0.4 is 0 Å². The van der Waals surface area contributed by atoms with Crippen molar-refractivity contribution in [1.82, 2.24) is 9.88 Å². The Bertz CT molecular complexity index is 443. The number of hydrogen-bond acceptors (Lipinski definition) is 3. The molecule has 1 saturated heterocycles. The fraction of sp³-hybridized carbons (Fsp3) is 0.308. The minimum atomic E-state index is 1.10. The third-order valence-corrected chi connectivity index (χ3v) is 3.81. The van der Waals surface area contributed by atoms with Crippen molar-refractivity contribution in [1.29, 1.82) is 0 Å². The van der Waals surface area contributed by atoms with Gasteiger partial charge < -0.3 is 0 Å². The molecule has 0 atom stereocenters. The second-order valence-corrected chi connectivity index (χ2v) is 5.06. The van der Waals surface area contributed by atoms with Gasteiger partial charge in [0.25, 0.3) is 0 Å². The molecule has 1 aliphatic heterocycles. The summed E-state index contributed by atoms with van der Waals surface area (Å²) < 4.78 is 0. The molecular weight excluding hydrogens is 216 g/mol. The molecule has 0 unspecified atom stereocenters. The molecule has 3 rings (SSSR count). The van der Waals surface area contributed by atoms with Crippen LogP contribution in [0.3, 0.4) is 0 Å². The van der Waals surface area contributed by atoms with Crippen molar-refractivity contribution in [2.45, 2.75) is 13.0 Å². The van der Waals surface area contributed by atoms with Crippen LogP contribution in [0.15, 0.2) is 35.8 Å². The Balaban J connectivity index is 1.74. The van der Waals surface area contributed by atoms with Crippen LogP contribution in [0.25, 0.3) is 10.6 Å². The number of hydrogen-bond donors (Lipinski definition) is 0. The van der Waals surface area contributed by atoms with Crippen molar-refractivity contribution in [3.63, 3.8) is 0 Å². The van der Waals surface area contributed by atoms with E-state index < -0.39 is 0 Å². The lowest BCUT2D eigenvalue weighted by molar-refractivity contribution is 0.172. The van der Waals surface area contributed by atoms with Crippen LogP contribution >= 0.6 is 11.3 Å². The number of nitrogens with zero attached hydrogens (tertiary/aromatic N) is 2. The Morgan fingerprint density at radius 1 is 1.19 bits per heavy atom. The first kappa shape index (κ1) is 10.00. The van der Waals surface area contributed by atoms with E-state index in [2.05, 4.69) is 34.1 Å². The number of aromatic nitrogens is 1. The van der Waals surface area contributed by atoms with E-state index in [1.165, 1.54) is 30.6 Å². The van der Waals surface area contributed by atoms with Crippen molar-refractivity contribution in [2.75, 3.05) is 13.1 Å². The summed E-state index contributed by atoms with van der Waals surface area (Å²) in [7, 11) is 0. The van der Waals surface area contributed by atoms with Gasteiger partial charge in [-0.3, -0.25) is 4.90 Å². The van der Waals surface area contributed by atoms with Gasteiger partial charge in [0, 0.05) is 23.7 Å². The molecule has 2 nitrogen and oxygen atoms in total. The van der Waals surface area contributed by atoms with E-state index in [9.17, 15) is 0 Å². The summed E-state index contributed by atoms with van der Waals surface area (Å²) in [6.45, 7) is 3.61. The second kappa shape index (κ2) is 4.36. The maximum Gasteiger partial charge on any atom is 0.123 e. The third kappa shape index (κ3) is 2.01. The van der Waals surface area contributed by atoms with Crippen LogP contribution in [0, 0.1) is 0 Å². The van der Waals surface area contributed by atoms with Crippen LogP contribution in [0.5, 0.6) is 0 Å². The first-order valence-corrected chi connectivity index (χ1v) is 6.51. The lowest BCUT2D eigenvalue weighted by Crippen LogP contribution is -2.36. The van der Waals surface area contributed by atoms with Crippen molar-refractivity contribution in [3.05, 3.63) is 41.4 Å². The monoisotopic (exact) mass is 230 g/mol. The fourth-order valence-corrected chi connectivity index (χ4v) is 2.56. The second-order valence-electron chi connectivity index (χ2n) is 4.16. The molecule has 16 heavy (non-hydrogen) atoms. The zero-order valence-corrected chi connectivity index (χ0v) is 9.91. The molecule has 3 heteroatoms. The largest absolute Gasteiger partial charge is 0.299 e. The van der Waals surface area contributed by atoms with Crippen LogP contribution in [-0.4, -0.2) is 23.0 Å². The molecule has 2 heterocycles. The molecule has 0 aliphatic carbocycles. The van der Waals surface area contributed by atoms with Gasteiger partial charge in [-0.15, -0.1) is 11.3 Å². The predicted molar refractivity (Wildman–Crippen MR) is 67.4 cm³/mol. The van der Waals surface area contributed by atoms with E-state index in [1.807, 2.05) is 11.6 Å². The van der Waals surface area contributed by atoms with E-state index in [0.717, 1.165) is 11.6 Å². The van der Waals surface area contributed by atoms with Gasteiger partial charge in [-0.2, -0.15) is 0 Å². The van der Waals surface area contributed by atoms with Gasteiger partial charge in [0.05, 0.1) is 0 Å². The van der Waals surface area contributed by atoms with Gasteiger partial charge >= 0.3 is 0 Å². The third-order valence-electron chi connectivity index (χ3n) is 2.99. The standard InChI is InChI=1S/C13H14N2S/c1-7-15(8-1)10-11-2-4-12(5-3-11)13-14-6-9-16-13/h2-6,9H,1,7-8,10H2. The zero-order chi connectivity index (χ0) is 10.8. The maximum atomic E-state index is 4.31. The van der Waals surface area contributed by atoms with Gasteiger partial charge in [0.2, 0.25) is 0 Å². The summed E-state index contributed by atoms with van der Waals surface area (Å²) in [5.74, 6) is 0. The Kier molecular flexibility index (Phi) is 2.72. The number of thiazole rings is 1. The molecule has 0 spiro atoms. The lowest BCUT2D eigenvalue weighted by Gasteiger charge is -2.30. The minimum Gasteiger partial charge on any atom is -0.299 e. The highest BCUT2D eigenvalue weighted by molar-refractivity contribution is 7.13. The number of benzene rings is 1. The molecule has 0 radical (unpaired) electrons. The number of likely N-dealkylation sites (tertiary alicyclic amines) is 1. The Hall–Kier alpha value is -1.19. The Morgan fingerprint density at radius 3 is 2.56 bits per heavy atom. The molecule has 1 aliphatic rings. The van der Waals surface area contributed by atoms with Crippen molar-refractivity contribution >= 4 is 11.3 Å². The lowest BCUT2D eigenvalue weighted by atomic mass is 10.1. The molecule has 1 fully saturated rings. The zero-order valence-electron chi connectivity index (χ0n) is 9.10. The van der Waals surface area contributed by atoms with E-state index in [-0.39, 0.29) is 0 Å². The fourth-order valence-electron chi connectivity index (χ4n) is 1.92. The van der Waals surface area contributed by atoms with Crippen molar-refractivity contribution < 1.29 is 0 Å². The molecule has 1 aromatic heterocycles. The summed E-state index contributed by atoms with van der Waals surface area (Å²) in [5, 5.41) is 3.12. The topological polar surface area (TPSA) is 16.1 Å². The van der Waals surface area contributed by atoms with E-state index in [1.54, 1.807) is 11.3 Å². The molecule has 0 amide bonds. The van der Waals surface area contributed by atoms with Crippen molar-refractivity contribution in [2.24, 2.45) is 0 Å². The van der Waals surface area contributed by atoms with Crippen molar-refractivity contribution in [3.8, 4) is 10.6 Å². The average molecular weight is 230 g/mol. The quantitative estimate of drug-likeness (QED) is 0.805. The van der Waals surface area contributed by atoms with Crippen LogP contribution in [0.4, 0.5) is 0 Å². The molecule has 0 bridgehead atoms. The summed E-state index contributed by atoms with van der Waals surface area (Å²) >= 11 is 1.69. The van der Waals surface area contributed by atoms with Gasteiger partial charge in [0.1, 0.15) is 5.01 Å². The summed E-state index contributed by atoms with van der Waals surface area (Å²) in [6, 6.07) is 8.78. The van der Waals surface area contributed by atoms with E-state index in [4.69, 9.17) is 0 Å². The summed E-state index contributed by atoms with van der Waals surface area (Å²) in [4.78, 5) is 6.78. The van der Waals surface area contributed by atoms with Crippen LogP contribution in [0.2, 0.25) is 0 Å². The maximum absolute atomic E-state index is 4.31. The van der Waals surface area contributed by atoms with Gasteiger partial charge in [-0.1, -0.05) is 24.3 Å². The molecule has 82 valence electrons. The summed E-state index contributed by atoms with van der Waals surface area (Å²) in [6.07, 6.45) is 3.21. The minimum absolute atomic E-state index is 1.10. The molecule has 0 N–H and O–H groups in total. The van der Waals surface area contributed by atoms with Gasteiger partial charge in [0.15, 0.2) is 0 Å². The van der Waals surface area contributed by atoms with Gasteiger partial charge in [-0.25, -0.2) is 4.98 Å². The SMILES string of the molecule is c1csc(-c2ccc(CN3CCC3)cc2)n1. The van der Waals surface area contributed by atoms with Crippen LogP contribution in [-0.2, 0) is 6.54 Å². The smallest absolute Gasteiger partial charge is 0.123 e. The molecule has 0 saturated carbocycles. The average Bonchev–Trinajstić information content (AvgIpc) is 2.78. The normalized spacial score (nSPS) is 16.0. The first-order chi connectivity index (χ1) is 7.92. The highest BCUT2D eigenvalue weighted by atomic mass is 32.1. The highest BCUT2D eigenvalue weighted by Gasteiger charge is 2.13.